The van der Waals surface area contributed by atoms with Crippen LogP contribution in [-0.4, -0.2) is 33.9 Å². The summed E-state index contributed by atoms with van der Waals surface area (Å²) in [5.74, 6) is 1.99. The fourth-order valence-electron chi connectivity index (χ4n) is 3.47. The van der Waals surface area contributed by atoms with Crippen LogP contribution in [0.15, 0.2) is 42.5 Å². The Kier molecular flexibility index (Phi) is 5.66. The maximum atomic E-state index is 12.3. The molecule has 0 unspecified atom stereocenters. The van der Waals surface area contributed by atoms with E-state index in [9.17, 15) is 4.79 Å². The van der Waals surface area contributed by atoms with E-state index >= 15 is 0 Å². The second-order valence-corrected chi connectivity index (χ2v) is 6.41. The zero-order valence-corrected chi connectivity index (χ0v) is 15.4. The van der Waals surface area contributed by atoms with Crippen molar-refractivity contribution in [3.63, 3.8) is 0 Å². The van der Waals surface area contributed by atoms with Crippen molar-refractivity contribution in [2.45, 2.75) is 12.8 Å². The number of cyclic esters (lactones) is 1. The first-order chi connectivity index (χ1) is 12.7. The molecule has 1 saturated heterocycles. The highest BCUT2D eigenvalue weighted by molar-refractivity contribution is 5.75. The highest BCUT2D eigenvalue weighted by Crippen LogP contribution is 2.34. The quantitative estimate of drug-likeness (QED) is 0.713. The van der Waals surface area contributed by atoms with Gasteiger partial charge in [0.05, 0.1) is 33.9 Å². The molecular formula is C21H24O5. The van der Waals surface area contributed by atoms with Crippen LogP contribution in [0.2, 0.25) is 0 Å². The largest absolute Gasteiger partial charge is 0.496 e. The first-order valence-electron chi connectivity index (χ1n) is 8.65. The van der Waals surface area contributed by atoms with Gasteiger partial charge in [-0.05, 0) is 42.2 Å². The minimum Gasteiger partial charge on any atom is -0.496 e. The van der Waals surface area contributed by atoms with Crippen molar-refractivity contribution in [3.8, 4) is 17.2 Å². The van der Waals surface area contributed by atoms with Crippen LogP contribution in [0.4, 0.5) is 0 Å². The van der Waals surface area contributed by atoms with E-state index < -0.39 is 0 Å². The molecule has 138 valence electrons. The van der Waals surface area contributed by atoms with Crippen LogP contribution in [0.25, 0.3) is 0 Å². The van der Waals surface area contributed by atoms with Crippen LogP contribution in [0.1, 0.15) is 11.1 Å². The van der Waals surface area contributed by atoms with E-state index in [4.69, 9.17) is 18.9 Å². The second kappa shape index (κ2) is 8.13. The number of methoxy groups -OCH3 is 3. The van der Waals surface area contributed by atoms with Crippen molar-refractivity contribution in [2.24, 2.45) is 11.8 Å². The van der Waals surface area contributed by atoms with Gasteiger partial charge in [-0.15, -0.1) is 0 Å². The number of para-hydroxylation sites is 1. The van der Waals surface area contributed by atoms with Crippen LogP contribution in [0.3, 0.4) is 0 Å². The maximum absolute atomic E-state index is 12.3. The van der Waals surface area contributed by atoms with Gasteiger partial charge in [-0.3, -0.25) is 4.79 Å². The Morgan fingerprint density at radius 1 is 0.923 bits per heavy atom. The molecule has 5 heteroatoms. The summed E-state index contributed by atoms with van der Waals surface area (Å²) < 4.78 is 21.4. The minimum absolute atomic E-state index is 0.116. The molecule has 1 heterocycles. The van der Waals surface area contributed by atoms with Crippen LogP contribution in [-0.2, 0) is 22.4 Å². The summed E-state index contributed by atoms with van der Waals surface area (Å²) in [6.07, 6.45) is 1.35. The summed E-state index contributed by atoms with van der Waals surface area (Å²) in [5.41, 5.74) is 2.12. The lowest BCUT2D eigenvalue weighted by atomic mass is 9.85. The Bertz CT molecular complexity index is 771. The van der Waals surface area contributed by atoms with Gasteiger partial charge in [-0.2, -0.15) is 0 Å². The molecule has 3 rings (SSSR count). The third-order valence-electron chi connectivity index (χ3n) is 4.89. The number of ether oxygens (including phenoxy) is 4. The van der Waals surface area contributed by atoms with E-state index in [2.05, 4.69) is 0 Å². The molecule has 0 spiro atoms. The average molecular weight is 356 g/mol. The topological polar surface area (TPSA) is 54.0 Å². The van der Waals surface area contributed by atoms with Crippen molar-refractivity contribution in [3.05, 3.63) is 53.6 Å². The molecule has 0 radical (unpaired) electrons. The van der Waals surface area contributed by atoms with Crippen molar-refractivity contribution in [1.29, 1.82) is 0 Å². The fourth-order valence-corrected chi connectivity index (χ4v) is 3.47. The molecule has 2 atom stereocenters. The molecule has 1 aliphatic heterocycles. The van der Waals surface area contributed by atoms with Gasteiger partial charge >= 0.3 is 5.97 Å². The predicted octanol–water partition coefficient (Wildman–Crippen LogP) is 3.29. The molecule has 1 fully saturated rings. The monoisotopic (exact) mass is 356 g/mol. The second-order valence-electron chi connectivity index (χ2n) is 6.41. The van der Waals surface area contributed by atoms with E-state index in [1.54, 1.807) is 21.3 Å². The van der Waals surface area contributed by atoms with Gasteiger partial charge in [0.1, 0.15) is 5.75 Å². The third kappa shape index (κ3) is 3.77. The molecule has 0 aromatic heterocycles. The van der Waals surface area contributed by atoms with Gasteiger partial charge in [0.25, 0.3) is 0 Å². The lowest BCUT2D eigenvalue weighted by Crippen LogP contribution is -2.21. The molecule has 1 aliphatic rings. The first kappa shape index (κ1) is 18.1. The van der Waals surface area contributed by atoms with Gasteiger partial charge in [0.2, 0.25) is 0 Å². The van der Waals surface area contributed by atoms with Crippen molar-refractivity contribution < 1.29 is 23.7 Å². The highest BCUT2D eigenvalue weighted by atomic mass is 16.5. The maximum Gasteiger partial charge on any atom is 0.309 e. The van der Waals surface area contributed by atoms with Gasteiger partial charge in [-0.1, -0.05) is 24.3 Å². The van der Waals surface area contributed by atoms with E-state index in [1.165, 1.54) is 0 Å². The summed E-state index contributed by atoms with van der Waals surface area (Å²) in [6.45, 7) is 0.437. The van der Waals surface area contributed by atoms with Crippen molar-refractivity contribution in [2.75, 3.05) is 27.9 Å². The Morgan fingerprint density at radius 2 is 1.65 bits per heavy atom. The predicted molar refractivity (Wildman–Crippen MR) is 97.9 cm³/mol. The number of hydrogen-bond acceptors (Lipinski definition) is 5. The summed E-state index contributed by atoms with van der Waals surface area (Å²) in [6, 6.07) is 13.7. The first-order valence-corrected chi connectivity index (χ1v) is 8.65. The lowest BCUT2D eigenvalue weighted by molar-refractivity contribution is -0.141. The van der Waals surface area contributed by atoms with E-state index in [0.717, 1.165) is 23.3 Å². The molecule has 0 saturated carbocycles. The number of carbonyl (C=O) groups excluding carboxylic acids is 1. The van der Waals surface area contributed by atoms with Crippen LogP contribution in [0, 0.1) is 11.8 Å². The normalized spacial score (nSPS) is 19.1. The SMILES string of the molecule is COc1ccccc1C[C@H]1C(=O)OC[C@@H]1Cc1ccc(OC)c(OC)c1. The van der Waals surface area contributed by atoms with Gasteiger partial charge in [0.15, 0.2) is 11.5 Å². The average Bonchev–Trinajstić information content (AvgIpc) is 3.01. The molecule has 0 bridgehead atoms. The molecule has 2 aromatic carbocycles. The molecular weight excluding hydrogens is 332 g/mol. The van der Waals surface area contributed by atoms with Crippen molar-refractivity contribution >= 4 is 5.97 Å². The third-order valence-corrected chi connectivity index (χ3v) is 4.89. The van der Waals surface area contributed by atoms with Crippen molar-refractivity contribution in [1.82, 2.24) is 0 Å². The standard InChI is InChI=1S/C21H24O5/c1-23-18-7-5-4-6-15(18)12-17-16(13-26-21(17)22)10-14-8-9-19(24-2)20(11-14)25-3/h4-9,11,16-17H,10,12-13H2,1-3H3/t16-,17+/m0/s1. The highest BCUT2D eigenvalue weighted by Gasteiger charge is 2.37. The number of hydrogen-bond donors (Lipinski definition) is 0. The zero-order valence-electron chi connectivity index (χ0n) is 15.4. The summed E-state index contributed by atoms with van der Waals surface area (Å²) in [4.78, 5) is 12.3. The zero-order chi connectivity index (χ0) is 18.5. The summed E-state index contributed by atoms with van der Waals surface area (Å²) >= 11 is 0. The number of benzene rings is 2. The Labute approximate surface area is 153 Å². The van der Waals surface area contributed by atoms with Gasteiger partial charge in [0, 0.05) is 5.92 Å². The molecule has 26 heavy (non-hydrogen) atoms. The lowest BCUT2D eigenvalue weighted by Gasteiger charge is -2.17. The van der Waals surface area contributed by atoms with Gasteiger partial charge < -0.3 is 18.9 Å². The molecule has 0 N–H and O–H groups in total. The van der Waals surface area contributed by atoms with E-state index in [1.807, 2.05) is 42.5 Å². The number of rotatable bonds is 7. The van der Waals surface area contributed by atoms with Crippen LogP contribution in [0.5, 0.6) is 17.2 Å². The summed E-state index contributed by atoms with van der Waals surface area (Å²) in [5, 5.41) is 0. The molecule has 0 aliphatic carbocycles. The van der Waals surface area contributed by atoms with E-state index in [0.29, 0.717) is 24.5 Å². The Morgan fingerprint density at radius 3 is 2.38 bits per heavy atom. The number of esters is 1. The molecule has 0 amide bonds. The smallest absolute Gasteiger partial charge is 0.309 e. The van der Waals surface area contributed by atoms with Crippen LogP contribution < -0.4 is 14.2 Å². The van der Waals surface area contributed by atoms with Gasteiger partial charge in [-0.25, -0.2) is 0 Å². The summed E-state index contributed by atoms with van der Waals surface area (Å²) in [7, 11) is 4.88. The van der Waals surface area contributed by atoms with E-state index in [-0.39, 0.29) is 17.8 Å². The molecule has 5 nitrogen and oxygen atoms in total. The number of carbonyl (C=O) groups is 1. The Hall–Kier alpha value is -2.69. The molecule has 2 aromatic rings. The van der Waals surface area contributed by atoms with Crippen LogP contribution >= 0.6 is 0 Å². The fraction of sp³-hybridized carbons (Fsp3) is 0.381. The minimum atomic E-state index is -0.181. The Balaban J connectivity index is 1.78.